The monoisotopic (exact) mass is 366 g/mol. The highest BCUT2D eigenvalue weighted by molar-refractivity contribution is 5.83. The number of hydrogen-bond donors (Lipinski definition) is 3. The molecule has 8 heteroatoms. The van der Waals surface area contributed by atoms with Crippen molar-refractivity contribution in [3.63, 3.8) is 0 Å². The molecule has 0 atom stereocenters. The second-order valence-corrected chi connectivity index (χ2v) is 5.75. The molecule has 1 heterocycles. The molecule has 1 amide bonds. The number of carbonyl (C=O) groups excluding carboxylic acids is 1. The van der Waals surface area contributed by atoms with Crippen molar-refractivity contribution in [2.75, 3.05) is 7.11 Å². The van der Waals surface area contributed by atoms with Gasteiger partial charge in [0.2, 0.25) is 5.91 Å². The number of hydrazone groups is 1. The quantitative estimate of drug-likeness (QED) is 0.454. The lowest BCUT2D eigenvalue weighted by molar-refractivity contribution is -0.121. The molecule has 0 radical (unpaired) electrons. The molecule has 138 valence electrons. The van der Waals surface area contributed by atoms with Gasteiger partial charge in [-0.05, 0) is 35.9 Å². The number of H-pyrrole nitrogens is 1. The van der Waals surface area contributed by atoms with Crippen molar-refractivity contribution < 1.29 is 14.6 Å². The van der Waals surface area contributed by atoms with Gasteiger partial charge in [0.1, 0.15) is 5.69 Å². The Labute approximate surface area is 154 Å². The number of phenolic OH excluding ortho intramolecular Hbond substituents is 1. The zero-order chi connectivity index (χ0) is 19.2. The number of para-hydroxylation sites is 2. The molecule has 3 N–H and O–H groups in total. The maximum absolute atomic E-state index is 12.0. The van der Waals surface area contributed by atoms with E-state index in [1.54, 1.807) is 24.3 Å². The van der Waals surface area contributed by atoms with E-state index in [0.29, 0.717) is 28.0 Å². The van der Waals surface area contributed by atoms with Crippen molar-refractivity contribution in [3.8, 4) is 11.5 Å². The van der Waals surface area contributed by atoms with Gasteiger partial charge < -0.3 is 14.8 Å². The molecule has 0 aliphatic rings. The number of fused-ring (bicyclic) bond motifs is 1. The molecule has 0 aliphatic heterocycles. The van der Waals surface area contributed by atoms with Crippen LogP contribution in [0.3, 0.4) is 0 Å². The predicted octanol–water partition coefficient (Wildman–Crippen LogP) is 1.72. The molecule has 27 heavy (non-hydrogen) atoms. The van der Waals surface area contributed by atoms with Gasteiger partial charge in [-0.15, -0.1) is 0 Å². The van der Waals surface area contributed by atoms with Crippen molar-refractivity contribution in [2.45, 2.75) is 12.8 Å². The summed E-state index contributed by atoms with van der Waals surface area (Å²) in [6, 6.07) is 11.9. The van der Waals surface area contributed by atoms with E-state index < -0.39 is 0 Å². The summed E-state index contributed by atoms with van der Waals surface area (Å²) >= 11 is 0. The summed E-state index contributed by atoms with van der Waals surface area (Å²) in [6.07, 6.45) is 1.71. The van der Waals surface area contributed by atoms with Crippen LogP contribution in [-0.4, -0.2) is 34.3 Å². The minimum Gasteiger partial charge on any atom is -0.504 e. The van der Waals surface area contributed by atoms with Crippen LogP contribution in [0.5, 0.6) is 11.5 Å². The number of hydrogen-bond acceptors (Lipinski definition) is 6. The van der Waals surface area contributed by atoms with Crippen LogP contribution >= 0.6 is 0 Å². The summed E-state index contributed by atoms with van der Waals surface area (Å²) in [5.74, 6) is -0.00924. The lowest BCUT2D eigenvalue weighted by atomic mass is 10.2. The number of methoxy groups -OCH3 is 1. The Morgan fingerprint density at radius 3 is 2.96 bits per heavy atom. The first-order chi connectivity index (χ1) is 13.1. The standard InChI is InChI=1S/C19H18N4O4/c1-27-17-10-12(6-8-16(17)24)11-20-23-18(25)9-7-15-19(26)22-14-5-3-2-4-13(14)21-15/h2-6,8,10-11,24H,7,9H2,1H3,(H,22,26)(H,23,25)/b20-11-. The first kappa shape index (κ1) is 18.1. The smallest absolute Gasteiger partial charge is 0.270 e. The SMILES string of the molecule is COc1cc(/C=N\NC(=O)CCc2nc3ccccc3[nH]c2=O)ccc1O. The lowest BCUT2D eigenvalue weighted by Gasteiger charge is -2.04. The van der Waals surface area contributed by atoms with Crippen LogP contribution in [-0.2, 0) is 11.2 Å². The number of rotatable bonds is 6. The number of amides is 1. The number of carbonyl (C=O) groups is 1. The van der Waals surface area contributed by atoms with Gasteiger partial charge in [-0.3, -0.25) is 9.59 Å². The maximum Gasteiger partial charge on any atom is 0.270 e. The summed E-state index contributed by atoms with van der Waals surface area (Å²) in [5.41, 5.74) is 4.38. The molecule has 0 spiro atoms. The number of aromatic nitrogens is 2. The summed E-state index contributed by atoms with van der Waals surface area (Å²) in [7, 11) is 1.44. The number of aromatic amines is 1. The number of ether oxygens (including phenoxy) is 1. The highest BCUT2D eigenvalue weighted by Crippen LogP contribution is 2.25. The maximum atomic E-state index is 12.0. The molecule has 3 rings (SSSR count). The van der Waals surface area contributed by atoms with Crippen molar-refractivity contribution >= 4 is 23.2 Å². The molecule has 0 unspecified atom stereocenters. The minimum absolute atomic E-state index is 0.0202. The van der Waals surface area contributed by atoms with Crippen LogP contribution in [0.1, 0.15) is 17.7 Å². The third-order valence-electron chi connectivity index (χ3n) is 3.87. The Kier molecular flexibility index (Phi) is 5.46. The van der Waals surface area contributed by atoms with Crippen LogP contribution in [0.2, 0.25) is 0 Å². The van der Waals surface area contributed by atoms with Gasteiger partial charge >= 0.3 is 0 Å². The third-order valence-corrected chi connectivity index (χ3v) is 3.87. The van der Waals surface area contributed by atoms with Crippen molar-refractivity contribution in [2.24, 2.45) is 5.10 Å². The summed E-state index contributed by atoms with van der Waals surface area (Å²) in [4.78, 5) is 31.0. The zero-order valence-corrected chi connectivity index (χ0v) is 14.6. The molecule has 0 fully saturated rings. The lowest BCUT2D eigenvalue weighted by Crippen LogP contribution is -2.21. The molecule has 0 saturated heterocycles. The largest absolute Gasteiger partial charge is 0.504 e. The highest BCUT2D eigenvalue weighted by Gasteiger charge is 2.08. The van der Waals surface area contributed by atoms with E-state index in [0.717, 1.165) is 0 Å². The van der Waals surface area contributed by atoms with E-state index >= 15 is 0 Å². The number of benzene rings is 2. The van der Waals surface area contributed by atoms with Crippen LogP contribution < -0.4 is 15.7 Å². The fourth-order valence-corrected chi connectivity index (χ4v) is 2.48. The number of nitrogens with zero attached hydrogens (tertiary/aromatic N) is 2. The van der Waals surface area contributed by atoms with Crippen molar-refractivity contribution in [1.82, 2.24) is 15.4 Å². The summed E-state index contributed by atoms with van der Waals surface area (Å²) in [5, 5.41) is 13.4. The Bertz CT molecular complexity index is 1060. The fourth-order valence-electron chi connectivity index (χ4n) is 2.48. The Morgan fingerprint density at radius 2 is 2.15 bits per heavy atom. The van der Waals surface area contributed by atoms with Crippen LogP contribution in [0.25, 0.3) is 11.0 Å². The number of aryl methyl sites for hydroxylation is 1. The summed E-state index contributed by atoms with van der Waals surface area (Å²) in [6.45, 7) is 0. The average molecular weight is 366 g/mol. The molecule has 0 bridgehead atoms. The van der Waals surface area contributed by atoms with Gasteiger partial charge in [-0.2, -0.15) is 5.10 Å². The highest BCUT2D eigenvalue weighted by atomic mass is 16.5. The molecule has 3 aromatic rings. The first-order valence-electron chi connectivity index (χ1n) is 8.23. The number of aromatic hydroxyl groups is 1. The van der Waals surface area contributed by atoms with E-state index in [9.17, 15) is 14.7 Å². The van der Waals surface area contributed by atoms with Gasteiger partial charge in [-0.25, -0.2) is 10.4 Å². The normalized spacial score (nSPS) is 11.0. The van der Waals surface area contributed by atoms with E-state index in [4.69, 9.17) is 4.74 Å². The molecule has 0 saturated carbocycles. The predicted molar refractivity (Wildman–Crippen MR) is 101 cm³/mol. The van der Waals surface area contributed by atoms with E-state index in [-0.39, 0.29) is 30.1 Å². The molecule has 0 aliphatic carbocycles. The van der Waals surface area contributed by atoms with Gasteiger partial charge in [0, 0.05) is 12.8 Å². The van der Waals surface area contributed by atoms with E-state index in [2.05, 4.69) is 20.5 Å². The molecular weight excluding hydrogens is 348 g/mol. The second-order valence-electron chi connectivity index (χ2n) is 5.75. The summed E-state index contributed by atoms with van der Waals surface area (Å²) < 4.78 is 5.00. The van der Waals surface area contributed by atoms with Gasteiger partial charge in [0.25, 0.3) is 5.56 Å². The topological polar surface area (TPSA) is 117 Å². The Morgan fingerprint density at radius 1 is 1.33 bits per heavy atom. The number of phenols is 1. The molecule has 2 aromatic carbocycles. The zero-order valence-electron chi connectivity index (χ0n) is 14.6. The Balaban J connectivity index is 1.58. The fraction of sp³-hybridized carbons (Fsp3) is 0.158. The molecular formula is C19H18N4O4. The average Bonchev–Trinajstić information content (AvgIpc) is 2.67. The van der Waals surface area contributed by atoms with Crippen molar-refractivity contribution in [1.29, 1.82) is 0 Å². The van der Waals surface area contributed by atoms with Gasteiger partial charge in [-0.1, -0.05) is 12.1 Å². The van der Waals surface area contributed by atoms with E-state index in [1.165, 1.54) is 19.4 Å². The minimum atomic E-state index is -0.341. The first-order valence-corrected chi connectivity index (χ1v) is 8.23. The van der Waals surface area contributed by atoms with Crippen LogP contribution in [0.15, 0.2) is 52.4 Å². The molecule has 8 nitrogen and oxygen atoms in total. The van der Waals surface area contributed by atoms with Gasteiger partial charge in [0.15, 0.2) is 11.5 Å². The van der Waals surface area contributed by atoms with E-state index in [1.807, 2.05) is 12.1 Å². The number of nitrogens with one attached hydrogen (secondary N) is 2. The van der Waals surface area contributed by atoms with Crippen LogP contribution in [0, 0.1) is 0 Å². The van der Waals surface area contributed by atoms with Gasteiger partial charge in [0.05, 0.1) is 24.4 Å². The van der Waals surface area contributed by atoms with Crippen molar-refractivity contribution in [3.05, 3.63) is 64.1 Å². The second kappa shape index (κ2) is 8.13. The van der Waals surface area contributed by atoms with Crippen LogP contribution in [0.4, 0.5) is 0 Å². The molecule has 1 aromatic heterocycles. The Hall–Kier alpha value is -3.68. The third kappa shape index (κ3) is 4.49.